The van der Waals surface area contributed by atoms with E-state index in [9.17, 15) is 4.79 Å². The number of carbonyl (C=O) groups excluding carboxylic acids is 1. The molecule has 0 fully saturated rings. The summed E-state index contributed by atoms with van der Waals surface area (Å²) < 4.78 is 19.5. The van der Waals surface area contributed by atoms with E-state index in [1.807, 2.05) is 73.7 Å². The molecule has 0 saturated carbocycles. The van der Waals surface area contributed by atoms with Gasteiger partial charge in [-0.25, -0.2) is 0 Å². The molecule has 1 aromatic heterocycles. The van der Waals surface area contributed by atoms with Crippen molar-refractivity contribution < 1.29 is 19.0 Å². The SMILES string of the molecule is CCCCSc1nnc2c(n1)O[C@@H](c1cc(Br)c(OCc3ccccc3)c(OCC)c1)N(C(C)=O)c1ccccc1-2. The van der Waals surface area contributed by atoms with Crippen LogP contribution in [0.3, 0.4) is 0 Å². The zero-order chi connectivity index (χ0) is 28.8. The number of unbranched alkanes of at least 4 members (excludes halogenated alkanes) is 1. The summed E-state index contributed by atoms with van der Waals surface area (Å²) in [6.07, 6.45) is 1.27. The predicted octanol–water partition coefficient (Wildman–Crippen LogP) is 7.62. The van der Waals surface area contributed by atoms with Gasteiger partial charge in [-0.05, 0) is 53.0 Å². The minimum atomic E-state index is -0.848. The molecule has 0 aliphatic carbocycles. The van der Waals surface area contributed by atoms with Gasteiger partial charge in [0.05, 0.1) is 16.8 Å². The van der Waals surface area contributed by atoms with E-state index in [4.69, 9.17) is 19.2 Å². The van der Waals surface area contributed by atoms with E-state index in [0.717, 1.165) is 29.7 Å². The highest BCUT2D eigenvalue weighted by atomic mass is 79.9. The Bertz CT molecular complexity index is 1520. The third-order valence-electron chi connectivity index (χ3n) is 6.42. The molecule has 0 saturated heterocycles. The van der Waals surface area contributed by atoms with E-state index < -0.39 is 6.23 Å². The van der Waals surface area contributed by atoms with Crippen molar-refractivity contribution in [2.45, 2.75) is 51.6 Å². The van der Waals surface area contributed by atoms with E-state index in [0.29, 0.717) is 57.2 Å². The van der Waals surface area contributed by atoms with Gasteiger partial charge in [0, 0.05) is 23.8 Å². The Labute approximate surface area is 252 Å². The van der Waals surface area contributed by atoms with Gasteiger partial charge >= 0.3 is 0 Å². The number of rotatable bonds is 10. The smallest absolute Gasteiger partial charge is 0.247 e. The number of ether oxygens (including phenoxy) is 3. The average molecular weight is 636 g/mol. The maximum absolute atomic E-state index is 13.2. The molecule has 5 rings (SSSR count). The normalized spacial score (nSPS) is 14.0. The zero-order valence-electron chi connectivity index (χ0n) is 23.2. The number of amides is 1. The summed E-state index contributed by atoms with van der Waals surface area (Å²) in [7, 11) is 0. The molecule has 8 nitrogen and oxygen atoms in total. The van der Waals surface area contributed by atoms with Crippen molar-refractivity contribution in [2.75, 3.05) is 17.3 Å². The van der Waals surface area contributed by atoms with Crippen LogP contribution in [0.5, 0.6) is 17.4 Å². The maximum Gasteiger partial charge on any atom is 0.247 e. The summed E-state index contributed by atoms with van der Waals surface area (Å²) in [5, 5.41) is 9.39. The summed E-state index contributed by atoms with van der Waals surface area (Å²) >= 11 is 5.23. The van der Waals surface area contributed by atoms with E-state index in [2.05, 4.69) is 33.1 Å². The van der Waals surface area contributed by atoms with E-state index in [-0.39, 0.29) is 5.91 Å². The Hall–Kier alpha value is -3.63. The lowest BCUT2D eigenvalue weighted by Crippen LogP contribution is -2.36. The summed E-state index contributed by atoms with van der Waals surface area (Å²) in [6.45, 7) is 6.38. The van der Waals surface area contributed by atoms with Crippen LogP contribution < -0.4 is 19.1 Å². The summed E-state index contributed by atoms with van der Waals surface area (Å²) in [4.78, 5) is 19.6. The van der Waals surface area contributed by atoms with Crippen molar-refractivity contribution in [3.63, 3.8) is 0 Å². The molecule has 212 valence electrons. The van der Waals surface area contributed by atoms with Crippen LogP contribution in [0, 0.1) is 0 Å². The molecule has 1 aliphatic heterocycles. The molecule has 0 unspecified atom stereocenters. The van der Waals surface area contributed by atoms with Crippen LogP contribution in [-0.2, 0) is 11.4 Å². The number of halogens is 1. The maximum atomic E-state index is 13.2. The largest absolute Gasteiger partial charge is 0.490 e. The molecule has 0 spiro atoms. The van der Waals surface area contributed by atoms with Gasteiger partial charge in [-0.1, -0.05) is 73.6 Å². The fourth-order valence-electron chi connectivity index (χ4n) is 4.50. The topological polar surface area (TPSA) is 86.7 Å². The van der Waals surface area contributed by atoms with Gasteiger partial charge in [0.25, 0.3) is 0 Å². The number of fused-ring (bicyclic) bond motifs is 3. The van der Waals surface area contributed by atoms with Crippen molar-refractivity contribution in [3.05, 3.63) is 82.3 Å². The lowest BCUT2D eigenvalue weighted by Gasteiger charge is -2.30. The molecular formula is C31H31BrN4O4S. The number of thioether (sulfide) groups is 1. The van der Waals surface area contributed by atoms with Gasteiger partial charge in [0.15, 0.2) is 17.2 Å². The molecule has 0 bridgehead atoms. The standard InChI is InChI=1S/C31H31BrN4O4S/c1-4-6-16-41-31-33-29-27(34-35-31)23-14-10-11-15-25(23)36(20(3)37)30(40-29)22-17-24(32)28(26(18-22)38-5-2)39-19-21-12-8-7-9-13-21/h7-15,17-18,30H,4-6,16,19H2,1-3H3/t30-/m0/s1. The average Bonchev–Trinajstić information content (AvgIpc) is 3.12. The Morgan fingerprint density at radius 3 is 2.59 bits per heavy atom. The second kappa shape index (κ2) is 13.4. The summed E-state index contributed by atoms with van der Waals surface area (Å²) in [5.74, 6) is 2.11. The van der Waals surface area contributed by atoms with Crippen molar-refractivity contribution in [1.29, 1.82) is 0 Å². The molecule has 0 radical (unpaired) electrons. The first kappa shape index (κ1) is 28.9. The van der Waals surface area contributed by atoms with Gasteiger partial charge < -0.3 is 14.2 Å². The Kier molecular flexibility index (Phi) is 9.41. The lowest BCUT2D eigenvalue weighted by molar-refractivity contribution is -0.118. The number of aromatic nitrogens is 3. The van der Waals surface area contributed by atoms with Crippen molar-refractivity contribution >= 4 is 39.3 Å². The highest BCUT2D eigenvalue weighted by molar-refractivity contribution is 9.10. The number of benzene rings is 3. The Morgan fingerprint density at radius 1 is 1.05 bits per heavy atom. The molecule has 2 heterocycles. The first-order valence-electron chi connectivity index (χ1n) is 13.6. The molecule has 1 atom stereocenters. The molecule has 1 aliphatic rings. The number of anilines is 1. The molecule has 0 N–H and O–H groups in total. The first-order valence-corrected chi connectivity index (χ1v) is 15.3. The van der Waals surface area contributed by atoms with Gasteiger partial charge in [0.2, 0.25) is 23.2 Å². The van der Waals surface area contributed by atoms with E-state index in [1.54, 1.807) is 4.90 Å². The third kappa shape index (κ3) is 6.49. The molecule has 3 aromatic carbocycles. The first-order chi connectivity index (χ1) is 20.0. The number of hydrogen-bond acceptors (Lipinski definition) is 8. The van der Waals surface area contributed by atoms with Crippen LogP contribution in [0.2, 0.25) is 0 Å². The van der Waals surface area contributed by atoms with Crippen LogP contribution in [0.1, 0.15) is 51.0 Å². The van der Waals surface area contributed by atoms with Crippen molar-refractivity contribution in [2.24, 2.45) is 0 Å². The Balaban J connectivity index is 1.58. The van der Waals surface area contributed by atoms with Crippen LogP contribution in [0.4, 0.5) is 5.69 Å². The van der Waals surface area contributed by atoms with Gasteiger partial charge in [-0.3, -0.25) is 9.69 Å². The molecular weight excluding hydrogens is 604 g/mol. The third-order valence-corrected chi connectivity index (χ3v) is 7.94. The van der Waals surface area contributed by atoms with Crippen LogP contribution in [0.25, 0.3) is 11.3 Å². The van der Waals surface area contributed by atoms with Crippen LogP contribution in [-0.4, -0.2) is 33.4 Å². The minimum absolute atomic E-state index is 0.195. The number of carbonyl (C=O) groups is 1. The summed E-state index contributed by atoms with van der Waals surface area (Å²) in [6, 6.07) is 21.2. The zero-order valence-corrected chi connectivity index (χ0v) is 25.6. The monoisotopic (exact) mass is 634 g/mol. The van der Waals surface area contributed by atoms with Crippen molar-refractivity contribution in [1.82, 2.24) is 15.2 Å². The fraction of sp³-hybridized carbons (Fsp3) is 0.290. The van der Waals surface area contributed by atoms with Crippen LogP contribution >= 0.6 is 27.7 Å². The molecule has 4 aromatic rings. The Morgan fingerprint density at radius 2 is 1.83 bits per heavy atom. The minimum Gasteiger partial charge on any atom is -0.490 e. The lowest BCUT2D eigenvalue weighted by atomic mass is 10.1. The number of nitrogens with zero attached hydrogens (tertiary/aromatic N) is 4. The quantitative estimate of drug-likeness (QED) is 0.130. The van der Waals surface area contributed by atoms with Gasteiger partial charge in [0.1, 0.15) is 6.61 Å². The number of para-hydroxylation sites is 1. The predicted molar refractivity (Wildman–Crippen MR) is 164 cm³/mol. The number of hydrogen-bond donors (Lipinski definition) is 0. The van der Waals surface area contributed by atoms with E-state index >= 15 is 0 Å². The van der Waals surface area contributed by atoms with Gasteiger partial charge in [-0.2, -0.15) is 4.98 Å². The second-order valence-corrected chi connectivity index (χ2v) is 11.3. The molecule has 41 heavy (non-hydrogen) atoms. The highest BCUT2D eigenvalue weighted by Gasteiger charge is 2.35. The van der Waals surface area contributed by atoms with Crippen molar-refractivity contribution in [3.8, 4) is 28.6 Å². The highest BCUT2D eigenvalue weighted by Crippen LogP contribution is 2.46. The summed E-state index contributed by atoms with van der Waals surface area (Å²) in [5.41, 5.74) is 3.58. The fourth-order valence-corrected chi connectivity index (χ4v) is 5.94. The molecule has 1 amide bonds. The van der Waals surface area contributed by atoms with E-state index in [1.165, 1.54) is 18.7 Å². The van der Waals surface area contributed by atoms with Gasteiger partial charge in [-0.15, -0.1) is 10.2 Å². The second-order valence-electron chi connectivity index (χ2n) is 9.36. The molecule has 10 heteroatoms. The van der Waals surface area contributed by atoms with Crippen LogP contribution in [0.15, 0.2) is 76.4 Å².